The van der Waals surface area contributed by atoms with Crippen LogP contribution in [0.4, 0.5) is 39.5 Å². The highest BCUT2D eigenvalue weighted by Crippen LogP contribution is 2.45. The van der Waals surface area contributed by atoms with Crippen LogP contribution in [0.25, 0.3) is 6.08 Å². The smallest absolute Gasteiger partial charge is 0.417 e. The molecule has 0 fully saturated rings. The van der Waals surface area contributed by atoms with E-state index in [1.165, 1.54) is 0 Å². The molecule has 0 aromatic heterocycles. The highest BCUT2D eigenvalue weighted by Gasteiger charge is 2.41. The first-order valence-electron chi connectivity index (χ1n) is 11.3. The van der Waals surface area contributed by atoms with E-state index in [9.17, 15) is 52.7 Å². The first-order chi connectivity index (χ1) is 18.7. The van der Waals surface area contributed by atoms with Gasteiger partial charge < -0.3 is 14.8 Å². The van der Waals surface area contributed by atoms with Crippen LogP contribution in [0.3, 0.4) is 0 Å². The van der Waals surface area contributed by atoms with E-state index in [1.54, 1.807) is 0 Å². The topological polar surface area (TPSA) is 81.7 Å². The summed E-state index contributed by atoms with van der Waals surface area (Å²) in [7, 11) is -4.75. The average Bonchev–Trinajstić information content (AvgIpc) is 3.24. The van der Waals surface area contributed by atoms with Gasteiger partial charge in [0, 0.05) is 6.04 Å². The quantitative estimate of drug-likeness (QED) is 0.332. The van der Waals surface area contributed by atoms with E-state index in [4.69, 9.17) is 21.1 Å². The van der Waals surface area contributed by atoms with Crippen molar-refractivity contribution in [1.82, 2.24) is 5.32 Å². The van der Waals surface area contributed by atoms with Crippen LogP contribution >= 0.6 is 11.6 Å². The molecule has 0 saturated carbocycles. The summed E-state index contributed by atoms with van der Waals surface area (Å²) in [6, 6.07) is 2.46. The molecule has 41 heavy (non-hydrogen) atoms. The summed E-state index contributed by atoms with van der Waals surface area (Å²) in [6.45, 7) is 0.711. The summed E-state index contributed by atoms with van der Waals surface area (Å²) in [4.78, 5) is 12.5. The van der Waals surface area contributed by atoms with Crippen LogP contribution in [0.1, 0.15) is 39.9 Å². The molecule has 3 rings (SSSR count). The summed E-state index contributed by atoms with van der Waals surface area (Å²) in [6.07, 6.45) is -13.8. The van der Waals surface area contributed by atoms with Gasteiger partial charge in [0.15, 0.2) is 21.3 Å². The molecule has 226 valence electrons. The maximum absolute atomic E-state index is 13.9. The van der Waals surface area contributed by atoms with Crippen LogP contribution in [-0.4, -0.2) is 51.0 Å². The van der Waals surface area contributed by atoms with Gasteiger partial charge in [-0.2, -0.15) is 39.5 Å². The van der Waals surface area contributed by atoms with Gasteiger partial charge in [-0.3, -0.25) is 4.79 Å². The number of hydrogen-bond donors (Lipinski definition) is 1. The zero-order chi connectivity index (χ0) is 31.0. The monoisotopic (exact) mass is 639 g/mol. The molecule has 1 aliphatic heterocycles. The fourth-order valence-corrected chi connectivity index (χ4v) is 5.65. The molecule has 1 N–H and O–H groups in total. The number of carbonyl (C=O) groups excluding carboxylic acids is 1. The third-order valence-electron chi connectivity index (χ3n) is 5.50. The van der Waals surface area contributed by atoms with Crippen molar-refractivity contribution in [3.63, 3.8) is 0 Å². The number of nitrogens with one attached hydrogen (secondary N) is 1. The van der Waals surface area contributed by atoms with Gasteiger partial charge in [0.1, 0.15) is 5.75 Å². The third-order valence-corrected chi connectivity index (χ3v) is 7.56. The van der Waals surface area contributed by atoms with Crippen LogP contribution in [-0.2, 0) is 16.0 Å². The summed E-state index contributed by atoms with van der Waals surface area (Å²) in [5, 5.41) is 1.73. The van der Waals surface area contributed by atoms with E-state index < -0.39 is 68.9 Å². The molecule has 6 nitrogen and oxygen atoms in total. The Hall–Kier alpha value is -3.14. The number of alkyl halides is 9. The molecular formula is C24H19ClF9NO5S. The van der Waals surface area contributed by atoms with Crippen LogP contribution in [0.5, 0.6) is 11.5 Å². The molecule has 0 bridgehead atoms. The van der Waals surface area contributed by atoms with Crippen LogP contribution in [0.15, 0.2) is 36.4 Å². The van der Waals surface area contributed by atoms with Gasteiger partial charge in [-0.1, -0.05) is 29.8 Å². The minimum atomic E-state index is -5.18. The van der Waals surface area contributed by atoms with E-state index in [0.29, 0.717) is 18.2 Å². The summed E-state index contributed by atoms with van der Waals surface area (Å²) in [5.41, 5.74) is -3.36. The second-order valence-corrected chi connectivity index (χ2v) is 11.5. The molecular weight excluding hydrogens is 621 g/mol. The van der Waals surface area contributed by atoms with E-state index in [-0.39, 0.29) is 34.4 Å². The average molecular weight is 640 g/mol. The number of halogens is 10. The Morgan fingerprint density at radius 2 is 1.71 bits per heavy atom. The molecule has 1 amide bonds. The highest BCUT2D eigenvalue weighted by molar-refractivity contribution is 7.91. The van der Waals surface area contributed by atoms with Gasteiger partial charge in [0.2, 0.25) is 6.79 Å². The van der Waals surface area contributed by atoms with E-state index in [0.717, 1.165) is 31.2 Å². The van der Waals surface area contributed by atoms with E-state index >= 15 is 0 Å². The predicted molar refractivity (Wildman–Crippen MR) is 128 cm³/mol. The summed E-state index contributed by atoms with van der Waals surface area (Å²) in [5.74, 6) is -7.19. The standard InChI is InChI=1S/C24H19ClF9NO5S/c1-12(9-41(37,38)10-22(26,27)28)35-21(36)15-4-2-13(6-17(15)24(32,33)34)3-5-16(23(29,30)31)14-7-18(25)20-19(8-14)39-11-40-20/h2-8,12,16H,9-11H2,1H3,(H,35,36)/b5-3+. The Morgan fingerprint density at radius 3 is 2.29 bits per heavy atom. The molecule has 1 heterocycles. The van der Waals surface area contributed by atoms with E-state index in [1.807, 2.05) is 5.32 Å². The minimum absolute atomic E-state index is 0.0382. The molecule has 2 unspecified atom stereocenters. The Kier molecular flexibility index (Phi) is 9.18. The van der Waals surface area contributed by atoms with Gasteiger partial charge in [-0.25, -0.2) is 8.42 Å². The number of ether oxygens (including phenoxy) is 2. The van der Waals surface area contributed by atoms with Crippen molar-refractivity contribution in [3.05, 3.63) is 63.7 Å². The Labute approximate surface area is 232 Å². The number of allylic oxidation sites excluding steroid dienone is 1. The molecule has 0 saturated heterocycles. The Balaban J connectivity index is 1.88. The van der Waals surface area contributed by atoms with Crippen LogP contribution in [0.2, 0.25) is 5.02 Å². The second kappa shape index (κ2) is 11.6. The van der Waals surface area contributed by atoms with Crippen molar-refractivity contribution in [1.29, 1.82) is 0 Å². The van der Waals surface area contributed by atoms with Crippen molar-refractivity contribution < 1.29 is 62.2 Å². The summed E-state index contributed by atoms with van der Waals surface area (Å²) >= 11 is 5.96. The molecule has 0 spiro atoms. The van der Waals surface area contributed by atoms with Crippen LogP contribution < -0.4 is 14.8 Å². The van der Waals surface area contributed by atoms with Gasteiger partial charge in [-0.05, 0) is 42.3 Å². The van der Waals surface area contributed by atoms with E-state index in [2.05, 4.69) is 0 Å². The number of carbonyl (C=O) groups is 1. The minimum Gasteiger partial charge on any atom is -0.454 e. The van der Waals surface area contributed by atoms with Gasteiger partial charge in [-0.15, -0.1) is 0 Å². The molecule has 0 radical (unpaired) electrons. The number of fused-ring (bicyclic) bond motifs is 1. The number of benzene rings is 2. The maximum atomic E-state index is 13.9. The third kappa shape index (κ3) is 8.67. The molecule has 2 aromatic rings. The second-order valence-electron chi connectivity index (χ2n) is 8.96. The van der Waals surface area contributed by atoms with Crippen molar-refractivity contribution in [2.75, 3.05) is 18.3 Å². The van der Waals surface area contributed by atoms with Gasteiger partial charge in [0.05, 0.1) is 27.8 Å². The van der Waals surface area contributed by atoms with Crippen molar-refractivity contribution in [2.24, 2.45) is 0 Å². The molecule has 17 heteroatoms. The lowest BCUT2D eigenvalue weighted by molar-refractivity contribution is -0.139. The van der Waals surface area contributed by atoms with Crippen LogP contribution in [0, 0.1) is 0 Å². The van der Waals surface area contributed by atoms with Crippen molar-refractivity contribution in [2.45, 2.75) is 37.4 Å². The number of rotatable bonds is 8. The Morgan fingerprint density at radius 1 is 1.05 bits per heavy atom. The lowest BCUT2D eigenvalue weighted by atomic mass is 9.95. The molecule has 2 aromatic carbocycles. The molecule has 0 aliphatic carbocycles. The van der Waals surface area contributed by atoms with Crippen molar-refractivity contribution >= 4 is 33.4 Å². The predicted octanol–water partition coefficient (Wildman–Crippen LogP) is 6.54. The number of sulfone groups is 1. The normalized spacial score (nSPS) is 15.7. The first kappa shape index (κ1) is 32.4. The maximum Gasteiger partial charge on any atom is 0.417 e. The molecule has 2 atom stereocenters. The molecule has 1 aliphatic rings. The fourth-order valence-electron chi connectivity index (χ4n) is 3.91. The Bertz CT molecular complexity index is 1440. The van der Waals surface area contributed by atoms with Crippen molar-refractivity contribution in [3.8, 4) is 11.5 Å². The lowest BCUT2D eigenvalue weighted by Gasteiger charge is -2.19. The first-order valence-corrected chi connectivity index (χ1v) is 13.5. The SMILES string of the molecule is CC(CS(=O)(=O)CC(F)(F)F)NC(=O)c1ccc(/C=C/C(c2cc(Cl)c3c(c2)OCO3)C(F)(F)F)cc1C(F)(F)F. The number of amides is 1. The largest absolute Gasteiger partial charge is 0.454 e. The number of hydrogen-bond acceptors (Lipinski definition) is 5. The highest BCUT2D eigenvalue weighted by atomic mass is 35.5. The fraction of sp³-hybridized carbons (Fsp3) is 0.375. The zero-order valence-corrected chi connectivity index (χ0v) is 22.1. The van der Waals surface area contributed by atoms with Gasteiger partial charge >= 0.3 is 18.5 Å². The zero-order valence-electron chi connectivity index (χ0n) is 20.5. The summed E-state index contributed by atoms with van der Waals surface area (Å²) < 4.78 is 154. The van der Waals surface area contributed by atoms with Gasteiger partial charge in [0.25, 0.3) is 5.91 Å². The lowest BCUT2D eigenvalue weighted by Crippen LogP contribution is -2.40.